The zero-order valence-electron chi connectivity index (χ0n) is 15.8. The topological polar surface area (TPSA) is 109 Å². The average Bonchev–Trinajstić information content (AvgIpc) is 3.43. The molecule has 5 N–H and O–H groups in total. The van der Waals surface area contributed by atoms with Crippen LogP contribution in [0.5, 0.6) is 0 Å². The fourth-order valence-corrected chi connectivity index (χ4v) is 4.27. The number of nitrogens with one attached hydrogen (secondary N) is 2. The molecule has 150 valence electrons. The van der Waals surface area contributed by atoms with E-state index in [2.05, 4.69) is 10.6 Å². The molecule has 1 saturated heterocycles. The summed E-state index contributed by atoms with van der Waals surface area (Å²) in [6, 6.07) is 2.31. The van der Waals surface area contributed by atoms with Crippen molar-refractivity contribution in [1.29, 1.82) is 0 Å². The lowest BCUT2D eigenvalue weighted by Crippen LogP contribution is -2.41. The number of rotatable bonds is 5. The molecule has 0 amide bonds. The maximum atomic E-state index is 15.1. The predicted molar refractivity (Wildman–Crippen MR) is 105 cm³/mol. The Labute approximate surface area is 161 Å². The Hall–Kier alpha value is -2.45. The van der Waals surface area contributed by atoms with Crippen molar-refractivity contribution in [3.05, 3.63) is 39.4 Å². The maximum Gasteiger partial charge on any atom is 0.341 e. The second kappa shape index (κ2) is 7.18. The first-order chi connectivity index (χ1) is 13.4. The Morgan fingerprint density at radius 2 is 2.14 bits per heavy atom. The van der Waals surface area contributed by atoms with E-state index in [-0.39, 0.29) is 23.0 Å². The molecule has 0 spiro atoms. The highest BCUT2D eigenvalue weighted by molar-refractivity contribution is 5.97. The Balaban J connectivity index is 1.73. The van der Waals surface area contributed by atoms with Crippen LogP contribution in [0.15, 0.2) is 17.1 Å². The summed E-state index contributed by atoms with van der Waals surface area (Å²) in [5.41, 5.74) is 5.59. The van der Waals surface area contributed by atoms with E-state index >= 15 is 4.39 Å². The van der Waals surface area contributed by atoms with Gasteiger partial charge in [-0.05, 0) is 50.9 Å². The number of nitrogens with zero attached hydrogens (tertiary/aromatic N) is 1. The first-order valence-electron chi connectivity index (χ1n) is 9.77. The number of nitrogens with two attached hydrogens (primary N) is 1. The zero-order valence-corrected chi connectivity index (χ0v) is 15.8. The molecular weight excluding hydrogens is 363 g/mol. The van der Waals surface area contributed by atoms with Crippen molar-refractivity contribution in [2.75, 3.05) is 18.8 Å². The third-order valence-corrected chi connectivity index (χ3v) is 5.92. The fourth-order valence-electron chi connectivity index (χ4n) is 4.27. The minimum Gasteiger partial charge on any atom is -0.477 e. The molecule has 2 atom stereocenters. The number of pyridine rings is 1. The summed E-state index contributed by atoms with van der Waals surface area (Å²) in [6.45, 7) is 4.26. The Morgan fingerprint density at radius 1 is 1.43 bits per heavy atom. The Bertz CT molecular complexity index is 997. The van der Waals surface area contributed by atoms with Gasteiger partial charge in [0.25, 0.3) is 0 Å². The smallest absolute Gasteiger partial charge is 0.341 e. The van der Waals surface area contributed by atoms with Crippen molar-refractivity contribution in [3.8, 4) is 0 Å². The lowest BCUT2D eigenvalue weighted by molar-refractivity contribution is 0.0695. The summed E-state index contributed by atoms with van der Waals surface area (Å²) in [5, 5.41) is 16.2. The molecule has 1 unspecified atom stereocenters. The fraction of sp³-hybridized carbons (Fsp3) is 0.500. The number of piperidine rings is 1. The Kier molecular flexibility index (Phi) is 4.84. The van der Waals surface area contributed by atoms with Crippen molar-refractivity contribution >= 4 is 22.6 Å². The van der Waals surface area contributed by atoms with E-state index in [1.165, 1.54) is 6.20 Å². The number of carboxylic acids is 1. The van der Waals surface area contributed by atoms with Crippen LogP contribution in [-0.2, 0) is 6.54 Å². The molecule has 1 saturated carbocycles. The van der Waals surface area contributed by atoms with Gasteiger partial charge < -0.3 is 26.0 Å². The summed E-state index contributed by atoms with van der Waals surface area (Å²) in [5.74, 6) is -1.93. The number of aromatic carboxylic acids is 1. The third-order valence-electron chi connectivity index (χ3n) is 5.92. The predicted octanol–water partition coefficient (Wildman–Crippen LogP) is 1.64. The van der Waals surface area contributed by atoms with Crippen molar-refractivity contribution in [1.82, 2.24) is 15.2 Å². The van der Waals surface area contributed by atoms with Gasteiger partial charge in [-0.2, -0.15) is 0 Å². The van der Waals surface area contributed by atoms with Gasteiger partial charge in [-0.1, -0.05) is 0 Å². The van der Waals surface area contributed by atoms with Crippen LogP contribution < -0.4 is 21.8 Å². The minimum absolute atomic E-state index is 0.0149. The number of hydrogen-bond acceptors (Lipinski definition) is 5. The van der Waals surface area contributed by atoms with Crippen LogP contribution >= 0.6 is 0 Å². The summed E-state index contributed by atoms with van der Waals surface area (Å²) in [7, 11) is 0. The molecule has 2 aromatic rings. The van der Waals surface area contributed by atoms with Gasteiger partial charge in [-0.3, -0.25) is 4.79 Å². The number of carboxylic acid groups (broad SMARTS) is 1. The lowest BCUT2D eigenvalue weighted by Gasteiger charge is -2.24. The summed E-state index contributed by atoms with van der Waals surface area (Å²) in [6.07, 6.45) is 4.25. The van der Waals surface area contributed by atoms with Gasteiger partial charge in [0.2, 0.25) is 5.43 Å². The van der Waals surface area contributed by atoms with E-state index < -0.39 is 22.8 Å². The molecule has 1 aliphatic heterocycles. The van der Waals surface area contributed by atoms with E-state index in [1.54, 1.807) is 10.6 Å². The van der Waals surface area contributed by atoms with Crippen molar-refractivity contribution in [3.63, 3.8) is 0 Å². The Morgan fingerprint density at radius 3 is 2.79 bits per heavy atom. The van der Waals surface area contributed by atoms with Crippen LogP contribution in [0.4, 0.5) is 10.1 Å². The number of hydrogen-bond donors (Lipinski definition) is 4. The minimum atomic E-state index is -1.34. The number of fused-ring (bicyclic) bond motifs is 1. The monoisotopic (exact) mass is 388 g/mol. The number of carbonyl (C=O) groups is 1. The molecule has 1 aliphatic carbocycles. The van der Waals surface area contributed by atoms with Crippen LogP contribution in [0.2, 0.25) is 0 Å². The van der Waals surface area contributed by atoms with E-state index in [4.69, 9.17) is 5.73 Å². The first kappa shape index (κ1) is 18.9. The maximum absolute atomic E-state index is 15.1. The van der Waals surface area contributed by atoms with Gasteiger partial charge >= 0.3 is 5.97 Å². The van der Waals surface area contributed by atoms with Crippen molar-refractivity contribution in [2.24, 2.45) is 0 Å². The second-order valence-corrected chi connectivity index (χ2v) is 7.69. The van der Waals surface area contributed by atoms with E-state index in [1.807, 2.05) is 6.92 Å². The normalized spacial score (nSPS) is 22.5. The molecule has 0 bridgehead atoms. The molecule has 2 fully saturated rings. The highest BCUT2D eigenvalue weighted by Gasteiger charge is 2.42. The van der Waals surface area contributed by atoms with Crippen LogP contribution in [0.25, 0.3) is 10.9 Å². The first-order valence-corrected chi connectivity index (χ1v) is 9.77. The SMILES string of the molecule is CCn1cc(C(=O)O)c(=O)c2c(N)c(F)c(C3C[C@H]3NC3CCNCC3)cc21. The molecule has 28 heavy (non-hydrogen) atoms. The molecule has 7 nitrogen and oxygen atoms in total. The van der Waals surface area contributed by atoms with Crippen LogP contribution in [-0.4, -0.2) is 40.8 Å². The third kappa shape index (κ3) is 3.16. The van der Waals surface area contributed by atoms with Crippen LogP contribution in [0.3, 0.4) is 0 Å². The molecule has 1 aromatic carbocycles. The van der Waals surface area contributed by atoms with Gasteiger partial charge in [0.05, 0.1) is 16.6 Å². The summed E-state index contributed by atoms with van der Waals surface area (Å²) in [4.78, 5) is 24.0. The molecule has 2 heterocycles. The lowest BCUT2D eigenvalue weighted by atomic mass is 10.0. The van der Waals surface area contributed by atoms with Gasteiger partial charge in [0.1, 0.15) is 5.56 Å². The number of aromatic nitrogens is 1. The molecule has 8 heteroatoms. The number of aryl methyl sites for hydroxylation is 1. The number of benzene rings is 1. The standard InChI is InChI=1S/C20H25FN4O3/c1-2-25-9-13(20(27)28)19(26)16-15(25)8-12(17(21)18(16)22)11-7-14(11)24-10-3-5-23-6-4-10/h8-11,14,23-24H,2-7,22H2,1H3,(H,27,28)/t11?,14-/m1/s1. The molecule has 4 rings (SSSR count). The van der Waals surface area contributed by atoms with Gasteiger partial charge in [0, 0.05) is 30.7 Å². The molecule has 1 aromatic heterocycles. The number of anilines is 1. The highest BCUT2D eigenvalue weighted by atomic mass is 19.1. The summed E-state index contributed by atoms with van der Waals surface area (Å²) < 4.78 is 16.7. The van der Waals surface area contributed by atoms with Crippen molar-refractivity contribution < 1.29 is 14.3 Å². The molecule has 0 radical (unpaired) electrons. The van der Waals surface area contributed by atoms with Crippen LogP contribution in [0.1, 0.15) is 48.0 Å². The van der Waals surface area contributed by atoms with Crippen molar-refractivity contribution in [2.45, 2.75) is 50.7 Å². The van der Waals surface area contributed by atoms with Gasteiger partial charge in [-0.15, -0.1) is 0 Å². The quantitative estimate of drug-likeness (QED) is 0.580. The van der Waals surface area contributed by atoms with Crippen LogP contribution in [0, 0.1) is 5.82 Å². The zero-order chi connectivity index (χ0) is 20.0. The summed E-state index contributed by atoms with van der Waals surface area (Å²) >= 11 is 0. The second-order valence-electron chi connectivity index (χ2n) is 7.69. The van der Waals surface area contributed by atoms with Gasteiger partial charge in [-0.25, -0.2) is 9.18 Å². The molecule has 2 aliphatic rings. The van der Waals surface area contributed by atoms with E-state index in [0.717, 1.165) is 32.4 Å². The highest BCUT2D eigenvalue weighted by Crippen LogP contribution is 2.44. The van der Waals surface area contributed by atoms with E-state index in [9.17, 15) is 14.7 Å². The number of nitrogen functional groups attached to an aromatic ring is 1. The van der Waals surface area contributed by atoms with E-state index in [0.29, 0.717) is 23.7 Å². The largest absolute Gasteiger partial charge is 0.477 e. The van der Waals surface area contributed by atoms with Gasteiger partial charge in [0.15, 0.2) is 5.82 Å². The average molecular weight is 388 g/mol. The molecular formula is C20H25FN4O3. The number of halogens is 1.